The molecule has 27 heavy (non-hydrogen) atoms. The molecule has 0 aliphatic rings. The summed E-state index contributed by atoms with van der Waals surface area (Å²) in [5.41, 5.74) is 1.28. The van der Waals surface area contributed by atoms with E-state index in [9.17, 15) is 9.59 Å². The molecule has 7 nitrogen and oxygen atoms in total. The monoisotopic (exact) mass is 430 g/mol. The van der Waals surface area contributed by atoms with E-state index in [4.69, 9.17) is 4.42 Å². The SMILES string of the molecule is CC(C)c1nnc(-c2ccc(=O)n(CC(=O)NCc3cccc(Br)c3)c2)o1. The molecule has 0 aliphatic carbocycles. The van der Waals surface area contributed by atoms with Crippen molar-refractivity contribution in [3.63, 3.8) is 0 Å². The Balaban J connectivity index is 1.70. The third-order valence-corrected chi connectivity index (χ3v) is 4.35. The first kappa shape index (κ1) is 19.0. The summed E-state index contributed by atoms with van der Waals surface area (Å²) in [5.74, 6) is 0.695. The van der Waals surface area contributed by atoms with E-state index in [1.807, 2.05) is 38.1 Å². The predicted molar refractivity (Wildman–Crippen MR) is 104 cm³/mol. The van der Waals surface area contributed by atoms with Gasteiger partial charge in [0.25, 0.3) is 5.56 Å². The van der Waals surface area contributed by atoms with Gasteiger partial charge in [-0.05, 0) is 23.8 Å². The maximum Gasteiger partial charge on any atom is 0.251 e. The summed E-state index contributed by atoms with van der Waals surface area (Å²) >= 11 is 3.40. The second-order valence-electron chi connectivity index (χ2n) is 6.39. The molecule has 2 heterocycles. The highest BCUT2D eigenvalue weighted by Gasteiger charge is 2.13. The lowest BCUT2D eigenvalue weighted by molar-refractivity contribution is -0.121. The van der Waals surface area contributed by atoms with Gasteiger partial charge in [-0.2, -0.15) is 0 Å². The fraction of sp³-hybridized carbons (Fsp3) is 0.263. The lowest BCUT2D eigenvalue weighted by Gasteiger charge is -2.08. The van der Waals surface area contributed by atoms with Crippen LogP contribution in [0.3, 0.4) is 0 Å². The first-order chi connectivity index (χ1) is 12.9. The van der Waals surface area contributed by atoms with Crippen molar-refractivity contribution >= 4 is 21.8 Å². The molecule has 1 amide bonds. The fourth-order valence-corrected chi connectivity index (χ4v) is 2.87. The van der Waals surface area contributed by atoms with Gasteiger partial charge in [-0.1, -0.05) is 41.9 Å². The van der Waals surface area contributed by atoms with Crippen LogP contribution in [0.4, 0.5) is 0 Å². The number of carbonyl (C=O) groups is 1. The molecule has 2 aromatic heterocycles. The van der Waals surface area contributed by atoms with Crippen LogP contribution in [0.2, 0.25) is 0 Å². The zero-order valence-electron chi connectivity index (χ0n) is 15.0. The number of carbonyl (C=O) groups excluding carboxylic acids is 1. The minimum Gasteiger partial charge on any atom is -0.420 e. The van der Waals surface area contributed by atoms with Crippen molar-refractivity contribution in [1.29, 1.82) is 0 Å². The Kier molecular flexibility index (Phi) is 5.85. The number of hydrogen-bond acceptors (Lipinski definition) is 5. The van der Waals surface area contributed by atoms with E-state index in [1.165, 1.54) is 10.6 Å². The lowest BCUT2D eigenvalue weighted by Crippen LogP contribution is -2.31. The van der Waals surface area contributed by atoms with E-state index in [-0.39, 0.29) is 23.9 Å². The summed E-state index contributed by atoms with van der Waals surface area (Å²) in [6.07, 6.45) is 1.55. The molecule has 0 radical (unpaired) electrons. The average molecular weight is 431 g/mol. The minimum atomic E-state index is -0.278. The van der Waals surface area contributed by atoms with Crippen LogP contribution in [0, 0.1) is 0 Å². The molecule has 3 aromatic rings. The molecule has 8 heteroatoms. The molecular weight excluding hydrogens is 412 g/mol. The van der Waals surface area contributed by atoms with Gasteiger partial charge in [-0.25, -0.2) is 0 Å². The van der Waals surface area contributed by atoms with Gasteiger partial charge < -0.3 is 14.3 Å². The highest BCUT2D eigenvalue weighted by Crippen LogP contribution is 2.20. The van der Waals surface area contributed by atoms with Crippen LogP contribution < -0.4 is 10.9 Å². The zero-order valence-corrected chi connectivity index (χ0v) is 16.6. The van der Waals surface area contributed by atoms with Crippen LogP contribution in [0.1, 0.15) is 31.2 Å². The van der Waals surface area contributed by atoms with Crippen LogP contribution in [0.15, 0.2) is 56.3 Å². The third kappa shape index (κ3) is 4.91. The number of amides is 1. The summed E-state index contributed by atoms with van der Waals surface area (Å²) in [5, 5.41) is 10.8. The van der Waals surface area contributed by atoms with Crippen molar-refractivity contribution in [2.75, 3.05) is 0 Å². The summed E-state index contributed by atoms with van der Waals surface area (Å²) in [7, 11) is 0. The fourth-order valence-electron chi connectivity index (χ4n) is 2.42. The average Bonchev–Trinajstić information content (AvgIpc) is 3.12. The third-order valence-electron chi connectivity index (χ3n) is 3.86. The number of benzene rings is 1. The van der Waals surface area contributed by atoms with Gasteiger partial charge in [0.15, 0.2) is 0 Å². The minimum absolute atomic E-state index is 0.0914. The molecule has 140 valence electrons. The zero-order chi connectivity index (χ0) is 19.4. The molecule has 0 saturated heterocycles. The Bertz CT molecular complexity index is 1010. The Morgan fingerprint density at radius 3 is 2.78 bits per heavy atom. The quantitative estimate of drug-likeness (QED) is 0.648. The summed E-state index contributed by atoms with van der Waals surface area (Å²) in [6.45, 7) is 4.20. The van der Waals surface area contributed by atoms with E-state index in [2.05, 4.69) is 31.4 Å². The van der Waals surface area contributed by atoms with Crippen molar-refractivity contribution in [1.82, 2.24) is 20.1 Å². The lowest BCUT2D eigenvalue weighted by atomic mass is 10.2. The molecule has 0 aliphatic heterocycles. The van der Waals surface area contributed by atoms with Gasteiger partial charge in [0.1, 0.15) is 6.54 Å². The van der Waals surface area contributed by atoms with Crippen molar-refractivity contribution in [2.24, 2.45) is 0 Å². The number of aromatic nitrogens is 3. The van der Waals surface area contributed by atoms with E-state index in [1.54, 1.807) is 12.3 Å². The maximum absolute atomic E-state index is 12.2. The molecule has 0 unspecified atom stereocenters. The molecule has 0 atom stereocenters. The van der Waals surface area contributed by atoms with Gasteiger partial charge >= 0.3 is 0 Å². The molecule has 0 spiro atoms. The molecule has 1 N–H and O–H groups in total. The first-order valence-electron chi connectivity index (χ1n) is 8.48. The molecule has 0 bridgehead atoms. The molecule has 0 saturated carbocycles. The number of hydrogen-bond donors (Lipinski definition) is 1. The standard InChI is InChI=1S/C19H19BrN4O3/c1-12(2)18-22-23-19(27-18)14-6-7-17(26)24(10-14)11-16(25)21-9-13-4-3-5-15(20)8-13/h3-8,10,12H,9,11H2,1-2H3,(H,21,25). The predicted octanol–water partition coefficient (Wildman–Crippen LogP) is 3.10. The van der Waals surface area contributed by atoms with Crippen molar-refractivity contribution in [3.05, 3.63) is 68.9 Å². The topological polar surface area (TPSA) is 90.0 Å². The van der Waals surface area contributed by atoms with Crippen LogP contribution >= 0.6 is 15.9 Å². The van der Waals surface area contributed by atoms with Crippen molar-refractivity contribution in [2.45, 2.75) is 32.9 Å². The van der Waals surface area contributed by atoms with Gasteiger partial charge in [0.2, 0.25) is 17.7 Å². The largest absolute Gasteiger partial charge is 0.420 e. The summed E-state index contributed by atoms with van der Waals surface area (Å²) in [4.78, 5) is 24.3. The molecule has 3 rings (SSSR count). The number of pyridine rings is 1. The Hall–Kier alpha value is -2.74. The van der Waals surface area contributed by atoms with Gasteiger partial charge in [0, 0.05) is 29.2 Å². The normalized spacial score (nSPS) is 11.0. The van der Waals surface area contributed by atoms with Gasteiger partial charge in [0.05, 0.1) is 5.56 Å². The smallest absolute Gasteiger partial charge is 0.251 e. The highest BCUT2D eigenvalue weighted by molar-refractivity contribution is 9.10. The molecule has 1 aromatic carbocycles. The Morgan fingerprint density at radius 2 is 2.07 bits per heavy atom. The molecule has 0 fully saturated rings. The van der Waals surface area contributed by atoms with Crippen molar-refractivity contribution in [3.8, 4) is 11.5 Å². The summed E-state index contributed by atoms with van der Waals surface area (Å²) < 4.78 is 7.87. The number of nitrogens with zero attached hydrogens (tertiary/aromatic N) is 3. The first-order valence-corrected chi connectivity index (χ1v) is 9.27. The number of halogens is 1. The maximum atomic E-state index is 12.2. The second-order valence-corrected chi connectivity index (χ2v) is 7.31. The highest BCUT2D eigenvalue weighted by atomic mass is 79.9. The number of nitrogens with one attached hydrogen (secondary N) is 1. The van der Waals surface area contributed by atoms with E-state index < -0.39 is 0 Å². The van der Waals surface area contributed by atoms with E-state index >= 15 is 0 Å². The van der Waals surface area contributed by atoms with Crippen LogP contribution in [-0.2, 0) is 17.9 Å². The second kappa shape index (κ2) is 8.30. The van der Waals surface area contributed by atoms with Crippen molar-refractivity contribution < 1.29 is 9.21 Å². The number of rotatable bonds is 6. The van der Waals surface area contributed by atoms with Crippen LogP contribution in [0.5, 0.6) is 0 Å². The van der Waals surface area contributed by atoms with Crippen LogP contribution in [0.25, 0.3) is 11.5 Å². The van der Waals surface area contributed by atoms with E-state index in [0.29, 0.717) is 23.9 Å². The van der Waals surface area contributed by atoms with Crippen LogP contribution in [-0.4, -0.2) is 20.7 Å². The van der Waals surface area contributed by atoms with Gasteiger partial charge in [-0.3, -0.25) is 9.59 Å². The van der Waals surface area contributed by atoms with E-state index in [0.717, 1.165) is 10.0 Å². The summed E-state index contributed by atoms with van der Waals surface area (Å²) in [6, 6.07) is 10.6. The Labute approximate surface area is 164 Å². The molecular formula is C19H19BrN4O3. The van der Waals surface area contributed by atoms with Gasteiger partial charge in [-0.15, -0.1) is 10.2 Å². The Morgan fingerprint density at radius 1 is 1.26 bits per heavy atom.